The monoisotopic (exact) mass is 523 g/mol. The number of nitrogens with one attached hydrogen (secondary N) is 1. The van der Waals surface area contributed by atoms with Crippen LogP contribution in [0.15, 0.2) is 83.8 Å². The lowest BCUT2D eigenvalue weighted by atomic mass is 10.1. The van der Waals surface area contributed by atoms with Gasteiger partial charge in [-0.1, -0.05) is 55.0 Å². The maximum absolute atomic E-state index is 13.8. The summed E-state index contributed by atoms with van der Waals surface area (Å²) in [6, 6.07) is 21.3. The van der Waals surface area contributed by atoms with Crippen LogP contribution in [0, 0.1) is 6.92 Å². The molecule has 3 rings (SSSR count). The van der Waals surface area contributed by atoms with Crippen LogP contribution in [0.4, 0.5) is 5.69 Å². The minimum atomic E-state index is -4.07. The molecule has 9 heteroatoms. The van der Waals surface area contributed by atoms with Crippen molar-refractivity contribution in [1.82, 2.24) is 10.2 Å². The molecule has 196 valence electrons. The van der Waals surface area contributed by atoms with Crippen LogP contribution in [0.5, 0.6) is 5.75 Å². The Hall–Kier alpha value is -3.85. The van der Waals surface area contributed by atoms with Crippen molar-refractivity contribution in [1.29, 1.82) is 0 Å². The van der Waals surface area contributed by atoms with Crippen molar-refractivity contribution in [2.24, 2.45) is 0 Å². The number of carbonyl (C=O) groups excluding carboxylic acids is 2. The highest BCUT2D eigenvalue weighted by molar-refractivity contribution is 7.92. The maximum atomic E-state index is 13.8. The number of nitrogens with zero attached hydrogens (tertiary/aromatic N) is 2. The number of amides is 2. The molecular weight excluding hydrogens is 490 g/mol. The summed E-state index contributed by atoms with van der Waals surface area (Å²) in [5.41, 5.74) is 2.10. The Bertz CT molecular complexity index is 1290. The van der Waals surface area contributed by atoms with E-state index in [2.05, 4.69) is 5.32 Å². The number of likely N-dealkylation sites (N-methyl/N-ethyl adjacent to an activating group) is 1. The zero-order valence-corrected chi connectivity index (χ0v) is 22.4. The number of hydrogen-bond donors (Lipinski definition) is 1. The van der Waals surface area contributed by atoms with Crippen LogP contribution in [0.3, 0.4) is 0 Å². The molecule has 0 saturated carbocycles. The molecule has 0 fully saturated rings. The van der Waals surface area contributed by atoms with Crippen LogP contribution >= 0.6 is 0 Å². The number of carbonyl (C=O) groups is 2. The largest absolute Gasteiger partial charge is 0.497 e. The molecule has 3 aromatic rings. The summed E-state index contributed by atoms with van der Waals surface area (Å²) in [6.07, 6.45) is 0.359. The first-order chi connectivity index (χ1) is 17.7. The molecule has 0 aliphatic heterocycles. The lowest BCUT2D eigenvalue weighted by Gasteiger charge is -2.33. The number of methoxy groups -OCH3 is 1. The Balaban J connectivity index is 2.02. The molecule has 0 aliphatic rings. The van der Waals surface area contributed by atoms with Gasteiger partial charge in [0.2, 0.25) is 11.8 Å². The van der Waals surface area contributed by atoms with Gasteiger partial charge < -0.3 is 15.0 Å². The predicted octanol–water partition coefficient (Wildman–Crippen LogP) is 3.75. The molecule has 1 N–H and O–H groups in total. The molecule has 0 saturated heterocycles. The van der Waals surface area contributed by atoms with Crippen molar-refractivity contribution in [3.63, 3.8) is 0 Å². The van der Waals surface area contributed by atoms with Gasteiger partial charge in [-0.15, -0.1) is 0 Å². The maximum Gasteiger partial charge on any atom is 0.264 e. The van der Waals surface area contributed by atoms with Gasteiger partial charge in [-0.3, -0.25) is 13.9 Å². The summed E-state index contributed by atoms with van der Waals surface area (Å²) in [6.45, 7) is 3.37. The van der Waals surface area contributed by atoms with Crippen LogP contribution in [0.1, 0.15) is 24.5 Å². The average Bonchev–Trinajstić information content (AvgIpc) is 2.92. The zero-order chi connectivity index (χ0) is 27.0. The number of benzene rings is 3. The Labute approximate surface area is 218 Å². The summed E-state index contributed by atoms with van der Waals surface area (Å²) in [5.74, 6) is -0.150. The minimum Gasteiger partial charge on any atom is -0.497 e. The quantitative estimate of drug-likeness (QED) is 0.413. The summed E-state index contributed by atoms with van der Waals surface area (Å²) in [7, 11) is -0.988. The summed E-state index contributed by atoms with van der Waals surface area (Å²) >= 11 is 0. The average molecular weight is 524 g/mol. The molecule has 0 aliphatic carbocycles. The van der Waals surface area contributed by atoms with E-state index in [1.54, 1.807) is 61.7 Å². The summed E-state index contributed by atoms with van der Waals surface area (Å²) in [5, 5.41) is 2.62. The highest BCUT2D eigenvalue weighted by Gasteiger charge is 2.33. The first-order valence-corrected chi connectivity index (χ1v) is 13.4. The van der Waals surface area contributed by atoms with E-state index in [9.17, 15) is 18.0 Å². The van der Waals surface area contributed by atoms with Crippen LogP contribution in [-0.4, -0.2) is 51.9 Å². The van der Waals surface area contributed by atoms with E-state index in [1.807, 2.05) is 26.0 Å². The van der Waals surface area contributed by atoms with Crippen LogP contribution in [0.25, 0.3) is 0 Å². The standard InChI is InChI=1S/C28H33N3O5S/c1-5-26(28(33)29-3)30(19-22-13-17-24(36-4)18-14-22)27(32)20-31(23-15-11-21(2)12-16-23)37(34,35)25-9-7-6-8-10-25/h6-18,26H,5,19-20H2,1-4H3,(H,29,33). The predicted molar refractivity (Wildman–Crippen MR) is 144 cm³/mol. The van der Waals surface area contributed by atoms with E-state index in [0.29, 0.717) is 17.9 Å². The molecule has 0 aromatic heterocycles. The van der Waals surface area contributed by atoms with E-state index in [0.717, 1.165) is 15.4 Å². The number of hydrogen-bond acceptors (Lipinski definition) is 5. The summed E-state index contributed by atoms with van der Waals surface area (Å²) in [4.78, 5) is 28.1. The second kappa shape index (κ2) is 12.4. The van der Waals surface area contributed by atoms with E-state index in [1.165, 1.54) is 24.1 Å². The molecule has 37 heavy (non-hydrogen) atoms. The minimum absolute atomic E-state index is 0.0726. The number of sulfonamides is 1. The fourth-order valence-corrected chi connectivity index (χ4v) is 5.41. The molecule has 0 radical (unpaired) electrons. The number of ether oxygens (including phenoxy) is 1. The van der Waals surface area contributed by atoms with E-state index in [-0.39, 0.29) is 17.3 Å². The van der Waals surface area contributed by atoms with Crippen molar-refractivity contribution in [3.8, 4) is 5.75 Å². The number of anilines is 1. The molecule has 3 aromatic carbocycles. The Morgan fingerprint density at radius 2 is 1.57 bits per heavy atom. The SMILES string of the molecule is CCC(C(=O)NC)N(Cc1ccc(OC)cc1)C(=O)CN(c1ccc(C)cc1)S(=O)(=O)c1ccccc1. The molecule has 1 unspecified atom stereocenters. The normalized spacial score (nSPS) is 11.9. The second-order valence-corrected chi connectivity index (χ2v) is 10.4. The molecule has 8 nitrogen and oxygen atoms in total. The van der Waals surface area contributed by atoms with Crippen LogP contribution < -0.4 is 14.4 Å². The van der Waals surface area contributed by atoms with Crippen LogP contribution in [0.2, 0.25) is 0 Å². The molecule has 0 spiro atoms. The second-order valence-electron chi connectivity index (χ2n) is 8.57. The molecule has 0 heterocycles. The molecule has 2 amide bonds. The van der Waals surface area contributed by atoms with Gasteiger partial charge in [0.15, 0.2) is 0 Å². The third kappa shape index (κ3) is 6.68. The van der Waals surface area contributed by atoms with Gasteiger partial charge in [-0.2, -0.15) is 0 Å². The van der Waals surface area contributed by atoms with Gasteiger partial charge in [-0.05, 0) is 55.3 Å². The Morgan fingerprint density at radius 3 is 2.11 bits per heavy atom. The smallest absolute Gasteiger partial charge is 0.264 e. The Morgan fingerprint density at radius 1 is 0.946 bits per heavy atom. The van der Waals surface area contributed by atoms with Gasteiger partial charge in [0.25, 0.3) is 10.0 Å². The number of aryl methyl sites for hydroxylation is 1. The Kier molecular flexibility index (Phi) is 9.30. The van der Waals surface area contributed by atoms with Gasteiger partial charge in [-0.25, -0.2) is 8.42 Å². The highest BCUT2D eigenvalue weighted by Crippen LogP contribution is 2.25. The lowest BCUT2D eigenvalue weighted by Crippen LogP contribution is -2.51. The van der Waals surface area contributed by atoms with Gasteiger partial charge in [0, 0.05) is 13.6 Å². The number of rotatable bonds is 11. The fourth-order valence-electron chi connectivity index (χ4n) is 3.97. The molecular formula is C28H33N3O5S. The third-order valence-electron chi connectivity index (χ3n) is 6.08. The van der Waals surface area contributed by atoms with Gasteiger partial charge >= 0.3 is 0 Å². The van der Waals surface area contributed by atoms with Gasteiger partial charge in [0.1, 0.15) is 18.3 Å². The first kappa shape index (κ1) is 27.7. The topological polar surface area (TPSA) is 96.0 Å². The molecule has 0 bridgehead atoms. The first-order valence-electron chi connectivity index (χ1n) is 12.0. The van der Waals surface area contributed by atoms with E-state index in [4.69, 9.17) is 4.74 Å². The third-order valence-corrected chi connectivity index (χ3v) is 7.86. The van der Waals surface area contributed by atoms with Gasteiger partial charge in [0.05, 0.1) is 17.7 Å². The van der Waals surface area contributed by atoms with Crippen LogP contribution in [-0.2, 0) is 26.2 Å². The van der Waals surface area contributed by atoms with Crippen molar-refractivity contribution in [2.45, 2.75) is 37.8 Å². The van der Waals surface area contributed by atoms with Crippen molar-refractivity contribution in [2.75, 3.05) is 25.0 Å². The van der Waals surface area contributed by atoms with E-state index >= 15 is 0 Å². The lowest BCUT2D eigenvalue weighted by molar-refractivity contribution is -0.140. The summed E-state index contributed by atoms with van der Waals surface area (Å²) < 4.78 is 33.7. The fraction of sp³-hybridized carbons (Fsp3) is 0.286. The van der Waals surface area contributed by atoms with Crippen molar-refractivity contribution < 1.29 is 22.7 Å². The molecule has 1 atom stereocenters. The highest BCUT2D eigenvalue weighted by atomic mass is 32.2. The van der Waals surface area contributed by atoms with E-state index < -0.39 is 28.5 Å². The zero-order valence-electron chi connectivity index (χ0n) is 21.5. The van der Waals surface area contributed by atoms with Crippen molar-refractivity contribution in [3.05, 3.63) is 90.0 Å². The van der Waals surface area contributed by atoms with Crippen molar-refractivity contribution >= 4 is 27.5 Å².